The number of anilines is 1. The lowest BCUT2D eigenvalue weighted by molar-refractivity contribution is -0.126. The van der Waals surface area contributed by atoms with Gasteiger partial charge in [-0.1, -0.05) is 37.0 Å². The van der Waals surface area contributed by atoms with Gasteiger partial charge in [-0.3, -0.25) is 9.59 Å². The predicted molar refractivity (Wildman–Crippen MR) is 118 cm³/mol. The van der Waals surface area contributed by atoms with Gasteiger partial charge < -0.3 is 10.2 Å². The normalized spacial score (nSPS) is 23.2. The minimum Gasteiger partial charge on any atom is -0.353 e. The molecule has 0 unspecified atom stereocenters. The third kappa shape index (κ3) is 3.98. The molecule has 1 saturated heterocycles. The van der Waals surface area contributed by atoms with Crippen molar-refractivity contribution in [2.75, 3.05) is 18.0 Å². The fourth-order valence-electron chi connectivity index (χ4n) is 5.20. The number of amides is 1. The number of carbonyl (C=O) groups excluding carboxylic acids is 1. The van der Waals surface area contributed by atoms with Crippen LogP contribution in [0.3, 0.4) is 0 Å². The molecule has 1 saturated carbocycles. The maximum Gasteiger partial charge on any atom is 0.278 e. The van der Waals surface area contributed by atoms with E-state index in [1.807, 2.05) is 0 Å². The van der Waals surface area contributed by atoms with Gasteiger partial charge in [0.1, 0.15) is 0 Å². The third-order valence-corrected chi connectivity index (χ3v) is 7.90. The topological polar surface area (TPSA) is 79.6 Å². The van der Waals surface area contributed by atoms with E-state index in [2.05, 4.69) is 15.3 Å². The van der Waals surface area contributed by atoms with Crippen LogP contribution in [0.25, 0.3) is 4.96 Å². The number of fused-ring (bicyclic) bond motifs is 2. The van der Waals surface area contributed by atoms with Crippen LogP contribution in [0.2, 0.25) is 0 Å². The molecule has 1 N–H and O–H groups in total. The maximum absolute atomic E-state index is 12.9. The van der Waals surface area contributed by atoms with E-state index < -0.39 is 0 Å². The average molecular weight is 430 g/mol. The number of hydrogen-bond acceptors (Lipinski definition) is 6. The Bertz CT molecular complexity index is 976. The highest BCUT2D eigenvalue weighted by Crippen LogP contribution is 2.28. The quantitative estimate of drug-likeness (QED) is 0.759. The average Bonchev–Trinajstić information content (AvgIpc) is 3.04. The van der Waals surface area contributed by atoms with Gasteiger partial charge in [0.05, 0.1) is 11.6 Å². The van der Waals surface area contributed by atoms with Gasteiger partial charge in [0.15, 0.2) is 0 Å². The molecule has 5 rings (SSSR count). The van der Waals surface area contributed by atoms with Crippen molar-refractivity contribution in [3.05, 3.63) is 21.6 Å². The highest BCUT2D eigenvalue weighted by molar-refractivity contribution is 7.20. The number of piperidine rings is 1. The molecule has 3 heterocycles. The molecule has 30 heavy (non-hydrogen) atoms. The summed E-state index contributed by atoms with van der Waals surface area (Å²) in [6, 6.07) is 0.340. The van der Waals surface area contributed by atoms with Crippen molar-refractivity contribution >= 4 is 27.3 Å². The highest BCUT2D eigenvalue weighted by atomic mass is 32.1. The Balaban J connectivity index is 1.32. The smallest absolute Gasteiger partial charge is 0.278 e. The number of nitrogens with zero attached hydrogens (tertiary/aromatic N) is 4. The second kappa shape index (κ2) is 8.65. The van der Waals surface area contributed by atoms with Gasteiger partial charge in [-0.15, -0.1) is 5.10 Å². The van der Waals surface area contributed by atoms with Gasteiger partial charge in [0.25, 0.3) is 5.56 Å². The van der Waals surface area contributed by atoms with E-state index in [1.54, 1.807) is 0 Å². The Kier molecular flexibility index (Phi) is 5.76. The van der Waals surface area contributed by atoms with Crippen LogP contribution in [-0.2, 0) is 17.6 Å². The first-order valence-corrected chi connectivity index (χ1v) is 12.5. The van der Waals surface area contributed by atoms with Crippen molar-refractivity contribution in [2.45, 2.75) is 83.1 Å². The van der Waals surface area contributed by atoms with Crippen LogP contribution in [0.15, 0.2) is 4.79 Å². The summed E-state index contributed by atoms with van der Waals surface area (Å²) in [6.45, 7) is 1.55. The number of nitrogens with one attached hydrogen (secondary N) is 1. The highest BCUT2D eigenvalue weighted by Gasteiger charge is 2.29. The molecule has 3 aliphatic rings. The van der Waals surface area contributed by atoms with Crippen molar-refractivity contribution in [1.29, 1.82) is 0 Å². The predicted octanol–water partition coefficient (Wildman–Crippen LogP) is 3.09. The lowest BCUT2D eigenvalue weighted by atomic mass is 9.96. The molecule has 2 aromatic heterocycles. The minimum atomic E-state index is -0.00750. The van der Waals surface area contributed by atoms with Crippen LogP contribution >= 0.6 is 11.3 Å². The van der Waals surface area contributed by atoms with Crippen molar-refractivity contribution in [3.8, 4) is 0 Å². The van der Waals surface area contributed by atoms with E-state index in [-0.39, 0.29) is 17.4 Å². The molecule has 1 amide bonds. The Morgan fingerprint density at radius 1 is 1.00 bits per heavy atom. The summed E-state index contributed by atoms with van der Waals surface area (Å²) < 4.78 is 1.49. The Morgan fingerprint density at radius 2 is 1.80 bits per heavy atom. The number of aryl methyl sites for hydroxylation is 1. The first-order chi connectivity index (χ1) is 14.7. The molecular weight excluding hydrogens is 398 g/mol. The van der Waals surface area contributed by atoms with E-state index in [1.165, 1.54) is 41.5 Å². The number of rotatable bonds is 3. The van der Waals surface area contributed by atoms with Gasteiger partial charge >= 0.3 is 0 Å². The van der Waals surface area contributed by atoms with Gasteiger partial charge in [-0.25, -0.2) is 4.98 Å². The molecule has 2 aliphatic carbocycles. The number of carbonyl (C=O) groups is 1. The molecular formula is C22H31N5O2S. The lowest BCUT2D eigenvalue weighted by Gasteiger charge is -2.32. The summed E-state index contributed by atoms with van der Waals surface area (Å²) in [7, 11) is 0. The molecule has 0 bridgehead atoms. The Hall–Kier alpha value is -1.96. The summed E-state index contributed by atoms with van der Waals surface area (Å²) in [4.78, 5) is 33.4. The molecule has 1 aliphatic heterocycles. The minimum absolute atomic E-state index is 0.00290. The van der Waals surface area contributed by atoms with Crippen molar-refractivity contribution < 1.29 is 4.79 Å². The van der Waals surface area contributed by atoms with Crippen molar-refractivity contribution in [2.24, 2.45) is 5.92 Å². The number of hydrogen-bond donors (Lipinski definition) is 1. The van der Waals surface area contributed by atoms with Gasteiger partial charge in [-0.05, 0) is 51.4 Å². The fourth-order valence-corrected chi connectivity index (χ4v) is 6.14. The molecule has 2 fully saturated rings. The second-order valence-corrected chi connectivity index (χ2v) is 10.0. The van der Waals surface area contributed by atoms with Gasteiger partial charge in [0.2, 0.25) is 16.0 Å². The fraction of sp³-hybridized carbons (Fsp3) is 0.727. The molecule has 1 atom stereocenters. The van der Waals surface area contributed by atoms with Crippen LogP contribution in [0.1, 0.15) is 75.5 Å². The molecule has 2 aromatic rings. The standard InChI is InChI=1S/C22H31N5O2S/c28-19(23-16-9-3-1-2-4-10-16)15-8-7-13-26(14-15)22-25-27-20(29)17-11-5-6-12-18(17)24-21(27)30-22/h15-16H,1-14H2,(H,23,28)/t15-/m1/s1. The molecule has 0 aromatic carbocycles. The summed E-state index contributed by atoms with van der Waals surface area (Å²) >= 11 is 1.48. The number of aromatic nitrogens is 3. The summed E-state index contributed by atoms with van der Waals surface area (Å²) in [5.41, 5.74) is 1.80. The van der Waals surface area contributed by atoms with Crippen LogP contribution in [0.5, 0.6) is 0 Å². The van der Waals surface area contributed by atoms with Crippen LogP contribution < -0.4 is 15.8 Å². The van der Waals surface area contributed by atoms with E-state index in [9.17, 15) is 9.59 Å². The SMILES string of the molecule is O=C(NC1CCCCCC1)[C@@H]1CCCN(c2nn3c(=O)c4c(nc3s2)CCCC4)C1. The summed E-state index contributed by atoms with van der Waals surface area (Å²) in [5.74, 6) is 0.186. The second-order valence-electron chi connectivity index (χ2n) is 9.11. The third-order valence-electron chi connectivity index (χ3n) is 6.93. The first kappa shape index (κ1) is 20.0. The van der Waals surface area contributed by atoms with E-state index in [4.69, 9.17) is 4.98 Å². The summed E-state index contributed by atoms with van der Waals surface area (Å²) in [5, 5.41) is 8.76. The van der Waals surface area contributed by atoms with E-state index in [0.29, 0.717) is 17.5 Å². The molecule has 8 heteroatoms. The molecule has 0 radical (unpaired) electrons. The van der Waals surface area contributed by atoms with E-state index in [0.717, 1.165) is 74.3 Å². The lowest BCUT2D eigenvalue weighted by Crippen LogP contribution is -2.46. The first-order valence-electron chi connectivity index (χ1n) is 11.7. The van der Waals surface area contributed by atoms with Gasteiger partial charge in [-0.2, -0.15) is 4.52 Å². The van der Waals surface area contributed by atoms with E-state index >= 15 is 0 Å². The van der Waals surface area contributed by atoms with Gasteiger partial charge in [0, 0.05) is 24.7 Å². The Labute approximate surface area is 180 Å². The van der Waals surface area contributed by atoms with Crippen molar-refractivity contribution in [3.63, 3.8) is 0 Å². The van der Waals surface area contributed by atoms with Crippen LogP contribution in [0.4, 0.5) is 5.13 Å². The zero-order chi connectivity index (χ0) is 20.5. The molecule has 7 nitrogen and oxygen atoms in total. The molecule has 0 spiro atoms. The zero-order valence-electron chi connectivity index (χ0n) is 17.6. The van der Waals surface area contributed by atoms with Crippen molar-refractivity contribution in [1.82, 2.24) is 19.9 Å². The zero-order valence-corrected chi connectivity index (χ0v) is 18.4. The maximum atomic E-state index is 12.9. The molecule has 162 valence electrons. The summed E-state index contributed by atoms with van der Waals surface area (Å²) in [6.07, 6.45) is 13.0. The van der Waals surface area contributed by atoms with Crippen LogP contribution in [0, 0.1) is 5.92 Å². The largest absolute Gasteiger partial charge is 0.353 e. The van der Waals surface area contributed by atoms with Crippen LogP contribution in [-0.4, -0.2) is 39.6 Å². The monoisotopic (exact) mass is 429 g/mol. The Morgan fingerprint density at radius 3 is 2.63 bits per heavy atom.